The van der Waals surface area contributed by atoms with Crippen molar-refractivity contribution in [2.24, 2.45) is 17.1 Å². The van der Waals surface area contributed by atoms with Gasteiger partial charge in [0.25, 0.3) is 0 Å². The lowest BCUT2D eigenvalue weighted by Gasteiger charge is -2.26. The van der Waals surface area contributed by atoms with E-state index in [1.165, 1.54) is 0 Å². The van der Waals surface area contributed by atoms with E-state index >= 15 is 0 Å². The van der Waals surface area contributed by atoms with Crippen LogP contribution in [-0.2, 0) is 0 Å². The number of rotatable bonds is 0. The van der Waals surface area contributed by atoms with Crippen LogP contribution in [0.2, 0.25) is 0 Å². The molecule has 0 aromatic heterocycles. The minimum Gasteiger partial charge on any atom is -0.351 e. The smallest absolute Gasteiger partial charge is 0.314 e. The van der Waals surface area contributed by atoms with E-state index in [9.17, 15) is 4.79 Å². The van der Waals surface area contributed by atoms with E-state index in [1.54, 1.807) is 4.90 Å². The van der Waals surface area contributed by atoms with Crippen molar-refractivity contribution in [1.29, 1.82) is 0 Å². The molecule has 2 amide bonds. The fourth-order valence-electron chi connectivity index (χ4n) is 1.67. The van der Waals surface area contributed by atoms with Crippen molar-refractivity contribution >= 4 is 6.03 Å². The molecule has 0 radical (unpaired) electrons. The van der Waals surface area contributed by atoms with Gasteiger partial charge < -0.3 is 10.6 Å². The Labute approximate surface area is 73.9 Å². The van der Waals surface area contributed by atoms with Gasteiger partial charge in [-0.3, -0.25) is 0 Å². The molecular formula is C9H18N2O. The minimum atomic E-state index is -0.276. The van der Waals surface area contributed by atoms with Crippen molar-refractivity contribution in [2.45, 2.75) is 27.2 Å². The molecule has 1 fully saturated rings. The summed E-state index contributed by atoms with van der Waals surface area (Å²) in [5.74, 6) is 0.602. The van der Waals surface area contributed by atoms with Gasteiger partial charge in [0, 0.05) is 13.1 Å². The van der Waals surface area contributed by atoms with Crippen molar-refractivity contribution in [3.05, 3.63) is 0 Å². The largest absolute Gasteiger partial charge is 0.351 e. The molecule has 1 aliphatic rings. The number of likely N-dealkylation sites (tertiary alicyclic amines) is 1. The van der Waals surface area contributed by atoms with Gasteiger partial charge in [-0.25, -0.2) is 4.79 Å². The van der Waals surface area contributed by atoms with E-state index in [0.717, 1.165) is 19.5 Å². The zero-order valence-corrected chi connectivity index (χ0v) is 8.13. The van der Waals surface area contributed by atoms with E-state index in [2.05, 4.69) is 20.8 Å². The molecule has 0 saturated carbocycles. The predicted molar refractivity (Wildman–Crippen MR) is 48.7 cm³/mol. The molecule has 0 aliphatic carbocycles. The first kappa shape index (κ1) is 9.36. The van der Waals surface area contributed by atoms with Gasteiger partial charge in [-0.15, -0.1) is 0 Å². The summed E-state index contributed by atoms with van der Waals surface area (Å²) in [6.07, 6.45) is 1.09. The number of amides is 2. The quantitative estimate of drug-likeness (QED) is 0.587. The first-order valence-corrected chi connectivity index (χ1v) is 4.45. The Morgan fingerprint density at radius 3 is 2.33 bits per heavy atom. The highest BCUT2D eigenvalue weighted by molar-refractivity contribution is 5.72. The molecule has 1 saturated heterocycles. The first-order valence-electron chi connectivity index (χ1n) is 4.45. The highest BCUT2D eigenvalue weighted by Gasteiger charge is 2.32. The average molecular weight is 170 g/mol. The molecule has 70 valence electrons. The number of urea groups is 1. The van der Waals surface area contributed by atoms with Crippen LogP contribution in [0.5, 0.6) is 0 Å². The molecule has 0 aromatic carbocycles. The highest BCUT2D eigenvalue weighted by Crippen LogP contribution is 2.33. The summed E-state index contributed by atoms with van der Waals surface area (Å²) >= 11 is 0. The van der Waals surface area contributed by atoms with Gasteiger partial charge in [0.1, 0.15) is 0 Å². The maximum atomic E-state index is 10.8. The van der Waals surface area contributed by atoms with Crippen LogP contribution < -0.4 is 5.73 Å². The Kier molecular flexibility index (Phi) is 2.31. The van der Waals surface area contributed by atoms with Gasteiger partial charge in [-0.05, 0) is 17.8 Å². The molecule has 1 aliphatic heterocycles. The summed E-state index contributed by atoms with van der Waals surface area (Å²) in [6, 6.07) is -0.276. The third kappa shape index (κ3) is 1.90. The second-order valence-corrected chi connectivity index (χ2v) is 4.64. The Morgan fingerprint density at radius 1 is 1.50 bits per heavy atom. The molecule has 1 atom stereocenters. The molecule has 1 unspecified atom stereocenters. The molecular weight excluding hydrogens is 152 g/mol. The summed E-state index contributed by atoms with van der Waals surface area (Å²) in [4.78, 5) is 12.6. The average Bonchev–Trinajstić information content (AvgIpc) is 2.30. The van der Waals surface area contributed by atoms with Crippen LogP contribution >= 0.6 is 0 Å². The van der Waals surface area contributed by atoms with Gasteiger partial charge in [-0.1, -0.05) is 20.8 Å². The lowest BCUT2D eigenvalue weighted by atomic mass is 9.80. The molecule has 3 heteroatoms. The lowest BCUT2D eigenvalue weighted by molar-refractivity contribution is 0.205. The standard InChI is InChI=1S/C9H18N2O/c1-9(2,3)7-4-5-11(6-7)8(10)12/h7H,4-6H2,1-3H3,(H2,10,12). The maximum Gasteiger partial charge on any atom is 0.314 e. The van der Waals surface area contributed by atoms with E-state index < -0.39 is 0 Å². The normalized spacial score (nSPS) is 24.6. The maximum absolute atomic E-state index is 10.8. The molecule has 0 bridgehead atoms. The molecule has 0 aromatic rings. The highest BCUT2D eigenvalue weighted by atomic mass is 16.2. The Hall–Kier alpha value is -0.730. The van der Waals surface area contributed by atoms with E-state index in [-0.39, 0.29) is 6.03 Å². The number of hydrogen-bond acceptors (Lipinski definition) is 1. The molecule has 12 heavy (non-hydrogen) atoms. The summed E-state index contributed by atoms with van der Waals surface area (Å²) < 4.78 is 0. The van der Waals surface area contributed by atoms with E-state index in [4.69, 9.17) is 5.73 Å². The molecule has 1 rings (SSSR count). The zero-order chi connectivity index (χ0) is 9.35. The number of nitrogens with two attached hydrogens (primary N) is 1. The van der Waals surface area contributed by atoms with Crippen molar-refractivity contribution < 1.29 is 4.79 Å². The van der Waals surface area contributed by atoms with Gasteiger partial charge in [0.15, 0.2) is 0 Å². The molecule has 2 N–H and O–H groups in total. The van der Waals surface area contributed by atoms with Crippen molar-refractivity contribution in [1.82, 2.24) is 4.90 Å². The van der Waals surface area contributed by atoms with Crippen LogP contribution in [-0.4, -0.2) is 24.0 Å². The second kappa shape index (κ2) is 2.96. The van der Waals surface area contributed by atoms with Crippen LogP contribution in [0.4, 0.5) is 4.79 Å². The number of carbonyl (C=O) groups is 1. The summed E-state index contributed by atoms with van der Waals surface area (Å²) in [7, 11) is 0. The van der Waals surface area contributed by atoms with Gasteiger partial charge in [0.2, 0.25) is 0 Å². The SMILES string of the molecule is CC(C)(C)C1CCN(C(N)=O)C1. The third-order valence-corrected chi connectivity index (χ3v) is 2.72. The van der Waals surface area contributed by atoms with E-state index in [1.807, 2.05) is 0 Å². The monoisotopic (exact) mass is 170 g/mol. The van der Waals surface area contributed by atoms with Crippen molar-refractivity contribution in [2.75, 3.05) is 13.1 Å². The Balaban J connectivity index is 2.51. The number of carbonyl (C=O) groups excluding carboxylic acids is 1. The van der Waals surface area contributed by atoms with Crippen LogP contribution in [0, 0.1) is 11.3 Å². The second-order valence-electron chi connectivity index (χ2n) is 4.64. The summed E-state index contributed by atoms with van der Waals surface area (Å²) in [5.41, 5.74) is 5.49. The Bertz CT molecular complexity index is 183. The zero-order valence-electron chi connectivity index (χ0n) is 8.13. The fraction of sp³-hybridized carbons (Fsp3) is 0.889. The van der Waals surface area contributed by atoms with Crippen LogP contribution in [0.15, 0.2) is 0 Å². The third-order valence-electron chi connectivity index (χ3n) is 2.72. The predicted octanol–water partition coefficient (Wildman–Crippen LogP) is 1.43. The summed E-state index contributed by atoms with van der Waals surface area (Å²) in [6.45, 7) is 8.29. The van der Waals surface area contributed by atoms with Gasteiger partial charge in [0.05, 0.1) is 0 Å². The fourth-order valence-corrected chi connectivity index (χ4v) is 1.67. The first-order chi connectivity index (χ1) is 5.41. The number of hydrogen-bond donors (Lipinski definition) is 1. The number of nitrogens with zero attached hydrogens (tertiary/aromatic N) is 1. The molecule has 0 spiro atoms. The number of primary amides is 1. The lowest BCUT2D eigenvalue weighted by Crippen LogP contribution is -2.35. The van der Waals surface area contributed by atoms with Crippen molar-refractivity contribution in [3.63, 3.8) is 0 Å². The van der Waals surface area contributed by atoms with Crippen LogP contribution in [0.25, 0.3) is 0 Å². The van der Waals surface area contributed by atoms with Gasteiger partial charge in [-0.2, -0.15) is 0 Å². The van der Waals surface area contributed by atoms with Crippen molar-refractivity contribution in [3.8, 4) is 0 Å². The molecule has 1 heterocycles. The molecule has 3 nitrogen and oxygen atoms in total. The minimum absolute atomic E-state index is 0.276. The van der Waals surface area contributed by atoms with E-state index in [0.29, 0.717) is 11.3 Å². The topological polar surface area (TPSA) is 46.3 Å². The summed E-state index contributed by atoms with van der Waals surface area (Å²) in [5, 5.41) is 0. The van der Waals surface area contributed by atoms with Gasteiger partial charge >= 0.3 is 6.03 Å². The Morgan fingerprint density at radius 2 is 2.08 bits per heavy atom. The van der Waals surface area contributed by atoms with Crippen LogP contribution in [0.1, 0.15) is 27.2 Å². The van der Waals surface area contributed by atoms with Crippen LogP contribution in [0.3, 0.4) is 0 Å².